The zero-order chi connectivity index (χ0) is 14.7. The first kappa shape index (κ1) is 14.9. The van der Waals surface area contributed by atoms with Crippen LogP contribution in [0.3, 0.4) is 0 Å². The predicted octanol–water partition coefficient (Wildman–Crippen LogP) is 4.78. The van der Waals surface area contributed by atoms with Crippen molar-refractivity contribution >= 4 is 11.6 Å². The third-order valence-electron chi connectivity index (χ3n) is 3.30. The Morgan fingerprint density at radius 2 is 1.90 bits per heavy atom. The maximum absolute atomic E-state index is 13.5. The molecular formula is C16H16ClF2N. The number of nitrogens with one attached hydrogen (secondary N) is 1. The second-order valence-corrected chi connectivity index (χ2v) is 5.25. The van der Waals surface area contributed by atoms with Gasteiger partial charge in [0.1, 0.15) is 11.6 Å². The first-order chi connectivity index (χ1) is 9.47. The zero-order valence-corrected chi connectivity index (χ0v) is 12.1. The lowest BCUT2D eigenvalue weighted by Gasteiger charge is -2.15. The highest BCUT2D eigenvalue weighted by Gasteiger charge is 2.09. The third-order valence-corrected chi connectivity index (χ3v) is 3.67. The average Bonchev–Trinajstić information content (AvgIpc) is 2.42. The van der Waals surface area contributed by atoms with Crippen LogP contribution in [0.4, 0.5) is 8.78 Å². The van der Waals surface area contributed by atoms with Gasteiger partial charge < -0.3 is 5.32 Å². The number of benzene rings is 2. The van der Waals surface area contributed by atoms with Crippen LogP contribution in [0.1, 0.15) is 29.7 Å². The Balaban J connectivity index is 2.06. The molecule has 1 unspecified atom stereocenters. The topological polar surface area (TPSA) is 12.0 Å². The Hall–Kier alpha value is -1.45. The van der Waals surface area contributed by atoms with E-state index in [1.54, 1.807) is 13.0 Å². The highest BCUT2D eigenvalue weighted by Crippen LogP contribution is 2.20. The fourth-order valence-electron chi connectivity index (χ4n) is 1.94. The highest BCUT2D eigenvalue weighted by molar-refractivity contribution is 6.31. The van der Waals surface area contributed by atoms with Crippen LogP contribution in [-0.2, 0) is 6.54 Å². The number of hydrogen-bond acceptors (Lipinski definition) is 1. The fourth-order valence-corrected chi connectivity index (χ4v) is 2.12. The van der Waals surface area contributed by atoms with E-state index in [0.29, 0.717) is 22.7 Å². The Labute approximate surface area is 122 Å². The summed E-state index contributed by atoms with van der Waals surface area (Å²) < 4.78 is 26.7. The van der Waals surface area contributed by atoms with Crippen molar-refractivity contribution in [3.05, 3.63) is 69.7 Å². The number of hydrogen-bond donors (Lipinski definition) is 1. The molecule has 2 rings (SSSR count). The predicted molar refractivity (Wildman–Crippen MR) is 77.8 cm³/mol. The van der Waals surface area contributed by atoms with E-state index in [1.165, 1.54) is 24.3 Å². The van der Waals surface area contributed by atoms with Crippen LogP contribution >= 0.6 is 11.6 Å². The van der Waals surface area contributed by atoms with Crippen LogP contribution in [0, 0.1) is 18.6 Å². The van der Waals surface area contributed by atoms with E-state index >= 15 is 0 Å². The van der Waals surface area contributed by atoms with Crippen LogP contribution in [0.2, 0.25) is 5.02 Å². The van der Waals surface area contributed by atoms with Crippen LogP contribution in [0.25, 0.3) is 0 Å². The molecule has 4 heteroatoms. The summed E-state index contributed by atoms with van der Waals surface area (Å²) in [5, 5.41) is 3.73. The molecule has 0 saturated heterocycles. The summed E-state index contributed by atoms with van der Waals surface area (Å²) >= 11 is 6.01. The van der Waals surface area contributed by atoms with Gasteiger partial charge in [-0.15, -0.1) is 0 Å². The average molecular weight is 296 g/mol. The van der Waals surface area contributed by atoms with Crippen LogP contribution in [0.15, 0.2) is 36.4 Å². The second-order valence-electron chi connectivity index (χ2n) is 4.85. The van der Waals surface area contributed by atoms with Crippen molar-refractivity contribution < 1.29 is 8.78 Å². The largest absolute Gasteiger partial charge is 0.306 e. The Kier molecular flexibility index (Phi) is 4.73. The normalized spacial score (nSPS) is 12.4. The molecule has 0 aliphatic rings. The lowest BCUT2D eigenvalue weighted by atomic mass is 10.1. The Morgan fingerprint density at radius 1 is 1.15 bits per heavy atom. The fraction of sp³-hybridized carbons (Fsp3) is 0.250. The minimum Gasteiger partial charge on any atom is -0.306 e. The van der Waals surface area contributed by atoms with Gasteiger partial charge in [-0.3, -0.25) is 0 Å². The lowest BCUT2D eigenvalue weighted by molar-refractivity contribution is 0.559. The molecule has 0 bridgehead atoms. The first-order valence-corrected chi connectivity index (χ1v) is 6.78. The van der Waals surface area contributed by atoms with Gasteiger partial charge in [-0.05, 0) is 54.8 Å². The minimum atomic E-state index is -0.319. The monoisotopic (exact) mass is 295 g/mol. The quantitative estimate of drug-likeness (QED) is 0.856. The Morgan fingerprint density at radius 3 is 2.60 bits per heavy atom. The Bertz CT molecular complexity index is 613. The lowest BCUT2D eigenvalue weighted by Crippen LogP contribution is -2.18. The molecule has 1 atom stereocenters. The maximum Gasteiger partial charge on any atom is 0.126 e. The maximum atomic E-state index is 13.5. The van der Waals surface area contributed by atoms with Gasteiger partial charge >= 0.3 is 0 Å². The van der Waals surface area contributed by atoms with Crippen molar-refractivity contribution in [1.82, 2.24) is 5.32 Å². The van der Waals surface area contributed by atoms with E-state index < -0.39 is 0 Å². The molecule has 0 aliphatic heterocycles. The number of rotatable bonds is 4. The molecule has 0 aliphatic carbocycles. The molecule has 0 heterocycles. The SMILES string of the molecule is Cc1ccc(C(C)NCc2cc(F)ccc2Cl)cc1F. The van der Waals surface area contributed by atoms with Gasteiger partial charge in [0.25, 0.3) is 0 Å². The minimum absolute atomic E-state index is 0.0514. The molecule has 1 nitrogen and oxygen atoms in total. The van der Waals surface area contributed by atoms with Gasteiger partial charge in [0, 0.05) is 17.6 Å². The first-order valence-electron chi connectivity index (χ1n) is 6.40. The van der Waals surface area contributed by atoms with Crippen LogP contribution < -0.4 is 5.32 Å². The van der Waals surface area contributed by atoms with E-state index in [-0.39, 0.29) is 17.7 Å². The summed E-state index contributed by atoms with van der Waals surface area (Å²) in [6.45, 7) is 4.08. The third kappa shape index (κ3) is 3.56. The molecule has 1 N–H and O–H groups in total. The number of halogens is 3. The molecule has 0 spiro atoms. The van der Waals surface area contributed by atoms with Crippen molar-refractivity contribution in [2.75, 3.05) is 0 Å². The van der Waals surface area contributed by atoms with E-state index in [4.69, 9.17) is 11.6 Å². The van der Waals surface area contributed by atoms with Crippen molar-refractivity contribution in [3.63, 3.8) is 0 Å². The molecule has 0 fully saturated rings. The summed E-state index contributed by atoms with van der Waals surface area (Å²) in [7, 11) is 0. The summed E-state index contributed by atoms with van der Waals surface area (Å²) in [6.07, 6.45) is 0. The van der Waals surface area contributed by atoms with E-state index in [9.17, 15) is 8.78 Å². The summed E-state index contributed by atoms with van der Waals surface area (Å²) in [6, 6.07) is 9.35. The molecular weight excluding hydrogens is 280 g/mol. The molecule has 0 aromatic heterocycles. The van der Waals surface area contributed by atoms with Crippen molar-refractivity contribution in [2.24, 2.45) is 0 Å². The van der Waals surface area contributed by atoms with E-state index in [2.05, 4.69) is 5.32 Å². The number of aryl methyl sites for hydroxylation is 1. The molecule has 106 valence electrons. The van der Waals surface area contributed by atoms with Gasteiger partial charge in [-0.2, -0.15) is 0 Å². The summed E-state index contributed by atoms with van der Waals surface area (Å²) in [4.78, 5) is 0. The summed E-state index contributed by atoms with van der Waals surface area (Å²) in [5.74, 6) is -0.542. The molecule has 2 aromatic carbocycles. The van der Waals surface area contributed by atoms with Crippen molar-refractivity contribution in [2.45, 2.75) is 26.4 Å². The van der Waals surface area contributed by atoms with Gasteiger partial charge in [0.05, 0.1) is 0 Å². The zero-order valence-electron chi connectivity index (χ0n) is 11.4. The smallest absolute Gasteiger partial charge is 0.126 e. The van der Waals surface area contributed by atoms with Gasteiger partial charge in [-0.25, -0.2) is 8.78 Å². The second kappa shape index (κ2) is 6.33. The van der Waals surface area contributed by atoms with Crippen LogP contribution in [-0.4, -0.2) is 0 Å². The van der Waals surface area contributed by atoms with E-state index in [0.717, 1.165) is 5.56 Å². The molecule has 0 amide bonds. The molecule has 0 radical (unpaired) electrons. The van der Waals surface area contributed by atoms with Crippen molar-refractivity contribution in [3.8, 4) is 0 Å². The highest BCUT2D eigenvalue weighted by atomic mass is 35.5. The van der Waals surface area contributed by atoms with Gasteiger partial charge in [0.15, 0.2) is 0 Å². The van der Waals surface area contributed by atoms with Gasteiger partial charge in [0.2, 0.25) is 0 Å². The summed E-state index contributed by atoms with van der Waals surface area (Å²) in [5.41, 5.74) is 2.15. The van der Waals surface area contributed by atoms with Crippen molar-refractivity contribution in [1.29, 1.82) is 0 Å². The van der Waals surface area contributed by atoms with Gasteiger partial charge in [-0.1, -0.05) is 23.7 Å². The standard InChI is InChI=1S/C16H16ClF2N/c1-10-3-4-12(8-16(10)19)11(2)20-9-13-7-14(18)5-6-15(13)17/h3-8,11,20H,9H2,1-2H3. The van der Waals surface area contributed by atoms with E-state index in [1.807, 2.05) is 13.0 Å². The molecule has 0 saturated carbocycles. The molecule has 2 aromatic rings. The molecule has 20 heavy (non-hydrogen) atoms. The van der Waals surface area contributed by atoms with Crippen LogP contribution in [0.5, 0.6) is 0 Å².